The van der Waals surface area contributed by atoms with E-state index >= 15 is 0 Å². The number of nitrogens with one attached hydrogen (secondary N) is 1. The first-order valence-electron chi connectivity index (χ1n) is 5.42. The molecule has 1 aromatic rings. The third kappa shape index (κ3) is 3.29. The van der Waals surface area contributed by atoms with Gasteiger partial charge in [-0.15, -0.1) is 0 Å². The van der Waals surface area contributed by atoms with Crippen molar-refractivity contribution in [2.24, 2.45) is 5.92 Å². The molecule has 1 aliphatic heterocycles. The van der Waals surface area contributed by atoms with Crippen LogP contribution in [0.25, 0.3) is 0 Å². The van der Waals surface area contributed by atoms with Gasteiger partial charge in [0.05, 0.1) is 15.1 Å². The van der Waals surface area contributed by atoms with Gasteiger partial charge >= 0.3 is 0 Å². The van der Waals surface area contributed by atoms with Gasteiger partial charge in [-0.1, -0.05) is 0 Å². The van der Waals surface area contributed by atoms with Crippen LogP contribution in [0.4, 0.5) is 11.4 Å². The number of nitrogens with zero attached hydrogens (tertiary/aromatic N) is 1. The Morgan fingerprint density at radius 3 is 3.00 bits per heavy atom. The second kappa shape index (κ2) is 5.63. The predicted molar refractivity (Wildman–Crippen MR) is 73.2 cm³/mol. The van der Waals surface area contributed by atoms with E-state index in [4.69, 9.17) is 4.74 Å². The van der Waals surface area contributed by atoms with E-state index in [-0.39, 0.29) is 10.6 Å². The summed E-state index contributed by atoms with van der Waals surface area (Å²) < 4.78 is 5.94. The minimum absolute atomic E-state index is 0.153. The lowest BCUT2D eigenvalue weighted by Gasteiger charge is -2.10. The summed E-state index contributed by atoms with van der Waals surface area (Å²) in [5, 5.41) is 14.0. The normalized spacial score (nSPS) is 19.2. The van der Waals surface area contributed by atoms with Crippen molar-refractivity contribution < 1.29 is 9.66 Å². The topological polar surface area (TPSA) is 64.4 Å². The molecule has 1 aliphatic rings. The Labute approximate surface area is 113 Å². The quantitative estimate of drug-likeness (QED) is 0.516. The van der Waals surface area contributed by atoms with Crippen LogP contribution < -0.4 is 5.32 Å². The van der Waals surface area contributed by atoms with Gasteiger partial charge in [0.1, 0.15) is 0 Å². The Morgan fingerprint density at radius 2 is 2.41 bits per heavy atom. The molecule has 1 N–H and O–H groups in total. The maximum absolute atomic E-state index is 10.7. The van der Waals surface area contributed by atoms with Crippen molar-refractivity contribution in [1.82, 2.24) is 0 Å². The molecule has 1 unspecified atom stereocenters. The minimum atomic E-state index is -0.365. The molecule has 0 amide bonds. The minimum Gasteiger partial charge on any atom is -0.385 e. The Kier molecular flexibility index (Phi) is 4.16. The molecule has 6 heteroatoms. The largest absolute Gasteiger partial charge is 0.385 e. The fraction of sp³-hybridized carbons (Fsp3) is 0.455. The Balaban J connectivity index is 1.97. The molecule has 0 radical (unpaired) electrons. The van der Waals surface area contributed by atoms with Crippen LogP contribution in [0.5, 0.6) is 0 Å². The zero-order valence-electron chi connectivity index (χ0n) is 9.19. The first-order chi connectivity index (χ1) is 8.16. The molecule has 1 atom stereocenters. The summed E-state index contributed by atoms with van der Waals surface area (Å²) >= 11 is 1.98. The molecule has 2 rings (SSSR count). The molecular weight excluding hydrogens is 335 g/mol. The molecule has 1 aromatic carbocycles. The first kappa shape index (κ1) is 12.6. The molecule has 1 saturated heterocycles. The van der Waals surface area contributed by atoms with E-state index in [9.17, 15) is 10.1 Å². The smallest absolute Gasteiger partial charge is 0.282 e. The molecule has 17 heavy (non-hydrogen) atoms. The van der Waals surface area contributed by atoms with Crippen molar-refractivity contribution >= 4 is 34.0 Å². The summed E-state index contributed by atoms with van der Waals surface area (Å²) in [5.41, 5.74) is 1.08. The third-order valence-corrected chi connectivity index (χ3v) is 3.63. The number of benzene rings is 1. The highest BCUT2D eigenvalue weighted by Crippen LogP contribution is 2.24. The Morgan fingerprint density at radius 1 is 1.59 bits per heavy atom. The lowest BCUT2D eigenvalue weighted by Crippen LogP contribution is -2.14. The van der Waals surface area contributed by atoms with E-state index in [0.29, 0.717) is 9.49 Å². The van der Waals surface area contributed by atoms with Crippen molar-refractivity contribution in [3.05, 3.63) is 31.9 Å². The zero-order valence-corrected chi connectivity index (χ0v) is 11.3. The van der Waals surface area contributed by atoms with Crippen molar-refractivity contribution in [2.75, 3.05) is 25.1 Å². The molecule has 0 spiro atoms. The van der Waals surface area contributed by atoms with E-state index in [1.165, 1.54) is 6.07 Å². The van der Waals surface area contributed by atoms with E-state index in [1.54, 1.807) is 12.1 Å². The van der Waals surface area contributed by atoms with Crippen molar-refractivity contribution in [3.8, 4) is 0 Å². The molecule has 92 valence electrons. The van der Waals surface area contributed by atoms with Gasteiger partial charge in [-0.2, -0.15) is 0 Å². The second-order valence-corrected chi connectivity index (χ2v) is 5.20. The highest BCUT2D eigenvalue weighted by Gasteiger charge is 2.16. The molecule has 0 saturated carbocycles. The fourth-order valence-electron chi connectivity index (χ4n) is 1.77. The van der Waals surface area contributed by atoms with Gasteiger partial charge in [0.2, 0.25) is 0 Å². The number of anilines is 1. The van der Waals surface area contributed by atoms with Crippen LogP contribution in [0.3, 0.4) is 0 Å². The molecule has 1 fully saturated rings. The van der Waals surface area contributed by atoms with Gasteiger partial charge in [-0.25, -0.2) is 0 Å². The van der Waals surface area contributed by atoms with Gasteiger partial charge in [0.25, 0.3) is 5.69 Å². The van der Waals surface area contributed by atoms with Gasteiger partial charge in [-0.3, -0.25) is 10.1 Å². The maximum atomic E-state index is 10.7. The van der Waals surface area contributed by atoms with E-state index in [2.05, 4.69) is 5.32 Å². The predicted octanol–water partition coefficient (Wildman–Crippen LogP) is 2.65. The number of ether oxygens (including phenoxy) is 1. The van der Waals surface area contributed by atoms with Crippen LogP contribution in [0.2, 0.25) is 0 Å². The lowest BCUT2D eigenvalue weighted by atomic mass is 10.1. The molecule has 1 heterocycles. The molecule has 5 nitrogen and oxygen atoms in total. The van der Waals surface area contributed by atoms with Crippen LogP contribution in [0.15, 0.2) is 18.2 Å². The lowest BCUT2D eigenvalue weighted by molar-refractivity contribution is -0.385. The van der Waals surface area contributed by atoms with Crippen molar-refractivity contribution in [3.63, 3.8) is 0 Å². The SMILES string of the molecule is O=[N+]([O-])c1ccc(NCC2CCOC2)cc1I. The number of hydrogen-bond donors (Lipinski definition) is 1. The summed E-state index contributed by atoms with van der Waals surface area (Å²) in [6, 6.07) is 5.08. The number of nitro groups is 1. The number of nitro benzene ring substituents is 1. The van der Waals surface area contributed by atoms with Gasteiger partial charge in [0, 0.05) is 30.8 Å². The van der Waals surface area contributed by atoms with Crippen LogP contribution in [-0.2, 0) is 4.74 Å². The Bertz CT molecular complexity index is 419. The standard InChI is InChI=1S/C11H13IN2O3/c12-10-5-9(1-2-11(10)14(15)16)13-6-8-3-4-17-7-8/h1-2,5,8,13H,3-4,6-7H2. The van der Waals surface area contributed by atoms with Crippen LogP contribution >= 0.6 is 22.6 Å². The number of rotatable bonds is 4. The summed E-state index contributed by atoms with van der Waals surface area (Å²) in [6.45, 7) is 2.50. The van der Waals surface area contributed by atoms with Crippen molar-refractivity contribution in [2.45, 2.75) is 6.42 Å². The Hall–Kier alpha value is -0.890. The maximum Gasteiger partial charge on any atom is 0.282 e. The highest BCUT2D eigenvalue weighted by molar-refractivity contribution is 14.1. The zero-order chi connectivity index (χ0) is 12.3. The molecule has 0 bridgehead atoms. The van der Waals surface area contributed by atoms with Crippen LogP contribution in [0.1, 0.15) is 6.42 Å². The fourth-order valence-corrected chi connectivity index (χ4v) is 2.48. The van der Waals surface area contributed by atoms with E-state index in [0.717, 1.165) is 31.9 Å². The summed E-state index contributed by atoms with van der Waals surface area (Å²) in [5.74, 6) is 0.544. The second-order valence-electron chi connectivity index (χ2n) is 4.03. The van der Waals surface area contributed by atoms with Crippen LogP contribution in [-0.4, -0.2) is 24.7 Å². The highest BCUT2D eigenvalue weighted by atomic mass is 127. The van der Waals surface area contributed by atoms with E-state index < -0.39 is 0 Å². The van der Waals surface area contributed by atoms with Gasteiger partial charge < -0.3 is 10.1 Å². The summed E-state index contributed by atoms with van der Waals surface area (Å²) in [6.07, 6.45) is 1.08. The summed E-state index contributed by atoms with van der Waals surface area (Å²) in [4.78, 5) is 10.3. The molecular formula is C11H13IN2O3. The molecule has 0 aliphatic carbocycles. The third-order valence-electron chi connectivity index (χ3n) is 2.76. The van der Waals surface area contributed by atoms with Gasteiger partial charge in [-0.05, 0) is 41.1 Å². The van der Waals surface area contributed by atoms with E-state index in [1.807, 2.05) is 22.6 Å². The van der Waals surface area contributed by atoms with Crippen molar-refractivity contribution in [1.29, 1.82) is 0 Å². The average Bonchev–Trinajstić information content (AvgIpc) is 2.78. The first-order valence-corrected chi connectivity index (χ1v) is 6.50. The average molecular weight is 348 g/mol. The van der Waals surface area contributed by atoms with Gasteiger partial charge in [0.15, 0.2) is 0 Å². The number of hydrogen-bond acceptors (Lipinski definition) is 4. The summed E-state index contributed by atoms with van der Waals surface area (Å²) in [7, 11) is 0. The monoisotopic (exact) mass is 348 g/mol. The van der Waals surface area contributed by atoms with Crippen LogP contribution in [0, 0.1) is 19.6 Å². The number of halogens is 1. The molecule has 0 aromatic heterocycles.